The van der Waals surface area contributed by atoms with Gasteiger partial charge in [-0.3, -0.25) is 4.79 Å². The van der Waals surface area contributed by atoms with E-state index in [4.69, 9.17) is 5.73 Å². The summed E-state index contributed by atoms with van der Waals surface area (Å²) in [5.74, 6) is -0.0414. The minimum Gasteiger partial charge on any atom is -0.388 e. The molecule has 1 amide bonds. The highest BCUT2D eigenvalue weighted by Gasteiger charge is 2.38. The summed E-state index contributed by atoms with van der Waals surface area (Å²) in [6.07, 6.45) is 1.34. The molecule has 0 aromatic heterocycles. The molecule has 1 saturated heterocycles. The molecule has 0 aromatic rings. The fourth-order valence-corrected chi connectivity index (χ4v) is 1.50. The van der Waals surface area contributed by atoms with E-state index in [2.05, 4.69) is 0 Å². The van der Waals surface area contributed by atoms with Gasteiger partial charge in [-0.25, -0.2) is 0 Å². The molecule has 0 aliphatic carbocycles. The largest absolute Gasteiger partial charge is 0.388 e. The predicted molar refractivity (Wildman–Crippen MR) is 50.1 cm³/mol. The lowest BCUT2D eigenvalue weighted by molar-refractivity contribution is -0.147. The predicted octanol–water partition coefficient (Wildman–Crippen LogP) is -0.293. The summed E-state index contributed by atoms with van der Waals surface area (Å²) >= 11 is 0. The van der Waals surface area contributed by atoms with Gasteiger partial charge in [-0.05, 0) is 12.8 Å². The molecule has 1 aliphatic heterocycles. The number of nitrogens with two attached hydrogens (primary N) is 1. The van der Waals surface area contributed by atoms with Crippen molar-refractivity contribution < 1.29 is 9.90 Å². The van der Waals surface area contributed by atoms with Gasteiger partial charge < -0.3 is 15.7 Å². The van der Waals surface area contributed by atoms with Crippen LogP contribution in [0.15, 0.2) is 0 Å². The molecule has 1 atom stereocenters. The van der Waals surface area contributed by atoms with Crippen LogP contribution in [-0.2, 0) is 4.79 Å². The molecule has 4 heteroatoms. The third-order valence-electron chi connectivity index (χ3n) is 2.85. The summed E-state index contributed by atoms with van der Waals surface area (Å²) in [4.78, 5) is 12.8. The molecule has 1 rings (SSSR count). The van der Waals surface area contributed by atoms with Crippen LogP contribution in [0, 0.1) is 0 Å². The van der Waals surface area contributed by atoms with Gasteiger partial charge in [-0.1, -0.05) is 13.8 Å². The molecule has 0 spiro atoms. The van der Waals surface area contributed by atoms with E-state index in [0.717, 1.165) is 0 Å². The van der Waals surface area contributed by atoms with E-state index in [1.165, 1.54) is 0 Å². The van der Waals surface area contributed by atoms with Crippen molar-refractivity contribution in [1.29, 1.82) is 0 Å². The monoisotopic (exact) mass is 186 g/mol. The molecule has 1 unspecified atom stereocenters. The van der Waals surface area contributed by atoms with Crippen LogP contribution in [0.3, 0.4) is 0 Å². The minimum atomic E-state index is -0.726. The van der Waals surface area contributed by atoms with Crippen molar-refractivity contribution in [2.45, 2.75) is 38.3 Å². The van der Waals surface area contributed by atoms with Gasteiger partial charge >= 0.3 is 0 Å². The van der Waals surface area contributed by atoms with E-state index < -0.39 is 5.60 Å². The highest BCUT2D eigenvalue weighted by atomic mass is 16.3. The molecule has 1 fully saturated rings. The molecule has 1 aliphatic rings. The molecule has 3 N–H and O–H groups in total. The number of hydrogen-bond donors (Lipinski definition) is 2. The Morgan fingerprint density at radius 1 is 1.62 bits per heavy atom. The Kier molecular flexibility index (Phi) is 2.93. The number of nitrogens with zero attached hydrogens (tertiary/aromatic N) is 1. The van der Waals surface area contributed by atoms with Crippen LogP contribution in [0.1, 0.15) is 26.7 Å². The van der Waals surface area contributed by atoms with Crippen molar-refractivity contribution in [3.63, 3.8) is 0 Å². The highest BCUT2D eigenvalue weighted by molar-refractivity contribution is 5.87. The van der Waals surface area contributed by atoms with Crippen LogP contribution in [0.2, 0.25) is 0 Å². The van der Waals surface area contributed by atoms with Crippen LogP contribution in [0.25, 0.3) is 0 Å². The van der Waals surface area contributed by atoms with E-state index in [0.29, 0.717) is 25.9 Å². The molecule has 0 aromatic carbocycles. The Labute approximate surface area is 78.7 Å². The average Bonchev–Trinajstić information content (AvgIpc) is 2.16. The van der Waals surface area contributed by atoms with Gasteiger partial charge in [0.25, 0.3) is 0 Å². The zero-order chi connectivity index (χ0) is 10.1. The van der Waals surface area contributed by atoms with Crippen LogP contribution in [0.4, 0.5) is 0 Å². The minimum absolute atomic E-state index is 0.0414. The molecule has 13 heavy (non-hydrogen) atoms. The Balaban J connectivity index is 2.45. The molecule has 0 saturated carbocycles. The van der Waals surface area contributed by atoms with Gasteiger partial charge in [-0.15, -0.1) is 0 Å². The van der Waals surface area contributed by atoms with Gasteiger partial charge in [0.15, 0.2) is 0 Å². The van der Waals surface area contributed by atoms with Gasteiger partial charge in [0, 0.05) is 13.1 Å². The van der Waals surface area contributed by atoms with Gasteiger partial charge in [0.1, 0.15) is 6.04 Å². The lowest BCUT2D eigenvalue weighted by Gasteiger charge is -2.41. The fourth-order valence-electron chi connectivity index (χ4n) is 1.50. The van der Waals surface area contributed by atoms with Crippen LogP contribution < -0.4 is 5.73 Å². The van der Waals surface area contributed by atoms with Gasteiger partial charge in [0.05, 0.1) is 5.60 Å². The fraction of sp³-hybridized carbons (Fsp3) is 0.889. The van der Waals surface area contributed by atoms with Crippen LogP contribution in [0.5, 0.6) is 0 Å². The zero-order valence-corrected chi connectivity index (χ0v) is 8.29. The van der Waals surface area contributed by atoms with E-state index in [1.54, 1.807) is 4.90 Å². The molecule has 4 nitrogen and oxygen atoms in total. The Morgan fingerprint density at radius 3 is 2.46 bits per heavy atom. The first-order valence-corrected chi connectivity index (χ1v) is 4.79. The first kappa shape index (κ1) is 10.5. The lowest BCUT2D eigenvalue weighted by Crippen LogP contribution is -2.64. The zero-order valence-electron chi connectivity index (χ0n) is 8.29. The van der Waals surface area contributed by atoms with Crippen molar-refractivity contribution in [3.05, 3.63) is 0 Å². The summed E-state index contributed by atoms with van der Waals surface area (Å²) in [6, 6.07) is -0.335. The number of aliphatic hydroxyl groups is 1. The van der Waals surface area contributed by atoms with Gasteiger partial charge in [0.2, 0.25) is 5.91 Å². The Hall–Kier alpha value is -0.610. The number of carbonyl (C=O) groups is 1. The van der Waals surface area contributed by atoms with Crippen molar-refractivity contribution in [3.8, 4) is 0 Å². The summed E-state index contributed by atoms with van der Waals surface area (Å²) in [5, 5.41) is 9.93. The maximum absolute atomic E-state index is 11.2. The number of likely N-dealkylation sites (tertiary alicyclic amines) is 1. The second kappa shape index (κ2) is 3.64. The summed E-state index contributed by atoms with van der Waals surface area (Å²) in [6.45, 7) is 4.86. The van der Waals surface area contributed by atoms with Crippen molar-refractivity contribution in [1.82, 2.24) is 4.90 Å². The first-order valence-electron chi connectivity index (χ1n) is 4.79. The van der Waals surface area contributed by atoms with Crippen LogP contribution >= 0.6 is 0 Å². The molecule has 0 bridgehead atoms. The normalized spacial score (nSPS) is 23.2. The maximum Gasteiger partial charge on any atom is 0.241 e. The Bertz CT molecular complexity index is 202. The average molecular weight is 186 g/mol. The van der Waals surface area contributed by atoms with E-state index >= 15 is 0 Å². The first-order chi connectivity index (χ1) is 6.02. The second-order valence-electron chi connectivity index (χ2n) is 3.76. The third-order valence-corrected chi connectivity index (χ3v) is 2.85. The quantitative estimate of drug-likeness (QED) is 0.593. The van der Waals surface area contributed by atoms with Crippen molar-refractivity contribution in [2.24, 2.45) is 5.73 Å². The smallest absolute Gasteiger partial charge is 0.241 e. The molecule has 0 radical (unpaired) electrons. The van der Waals surface area contributed by atoms with Crippen molar-refractivity contribution >= 4 is 5.91 Å². The number of hydrogen-bond acceptors (Lipinski definition) is 3. The van der Waals surface area contributed by atoms with Gasteiger partial charge in [-0.2, -0.15) is 0 Å². The van der Waals surface area contributed by atoms with Crippen molar-refractivity contribution in [2.75, 3.05) is 13.1 Å². The van der Waals surface area contributed by atoms with E-state index in [1.807, 2.05) is 13.8 Å². The molecular weight excluding hydrogens is 168 g/mol. The molecule has 1 heterocycles. The standard InChI is InChI=1S/C9H18N2O2/c1-3-9(13,4-2)6-11-5-7(10)8(11)12/h7,13H,3-6,10H2,1-2H3. The third kappa shape index (κ3) is 2.00. The van der Waals surface area contributed by atoms with Crippen LogP contribution in [-0.4, -0.2) is 40.6 Å². The summed E-state index contributed by atoms with van der Waals surface area (Å²) in [5.41, 5.74) is 4.71. The Morgan fingerprint density at radius 2 is 2.15 bits per heavy atom. The second-order valence-corrected chi connectivity index (χ2v) is 3.76. The number of carbonyl (C=O) groups excluding carboxylic acids is 1. The molecular formula is C9H18N2O2. The number of β-amino-alcohol motifs (C(OH)–C–C–N with tert-alkyl or cyclic N) is 1. The highest BCUT2D eigenvalue weighted by Crippen LogP contribution is 2.20. The van der Waals surface area contributed by atoms with E-state index in [9.17, 15) is 9.90 Å². The number of amides is 1. The number of rotatable bonds is 4. The number of β-lactam (4-membered cyclic amide) rings is 1. The summed E-state index contributed by atoms with van der Waals surface area (Å²) in [7, 11) is 0. The lowest BCUT2D eigenvalue weighted by atomic mass is 9.94. The topological polar surface area (TPSA) is 66.6 Å². The maximum atomic E-state index is 11.2. The molecule has 76 valence electrons. The van der Waals surface area contributed by atoms with E-state index in [-0.39, 0.29) is 11.9 Å². The SMILES string of the molecule is CCC(O)(CC)CN1CC(N)C1=O. The summed E-state index contributed by atoms with van der Waals surface area (Å²) < 4.78 is 0.